The largest absolute Gasteiger partial charge is 0.508 e. The first-order valence-corrected chi connectivity index (χ1v) is 7.83. The van der Waals surface area contributed by atoms with Crippen LogP contribution in [0.3, 0.4) is 0 Å². The number of phenols is 1. The summed E-state index contributed by atoms with van der Waals surface area (Å²) in [6, 6.07) is 15.9. The number of aliphatic hydroxyl groups excluding tert-OH is 1. The maximum absolute atomic E-state index is 12.9. The quantitative estimate of drug-likeness (QED) is 0.908. The zero-order chi connectivity index (χ0) is 17.3. The molecule has 1 amide bonds. The highest BCUT2D eigenvalue weighted by atomic mass is 16.3. The van der Waals surface area contributed by atoms with Gasteiger partial charge in [0.05, 0.1) is 18.4 Å². The second-order valence-electron chi connectivity index (χ2n) is 6.14. The number of nitrogens with zero attached hydrogens (tertiary/aromatic N) is 2. The molecule has 0 saturated heterocycles. The van der Waals surface area contributed by atoms with E-state index >= 15 is 0 Å². The fourth-order valence-electron chi connectivity index (χ4n) is 3.01. The van der Waals surface area contributed by atoms with Gasteiger partial charge in [-0.15, -0.1) is 0 Å². The lowest BCUT2D eigenvalue weighted by molar-refractivity contribution is -0.134. The molecular formula is C19H20N2O3. The van der Waals surface area contributed by atoms with Crippen LogP contribution in [0.5, 0.6) is 5.75 Å². The number of para-hydroxylation sites is 1. The summed E-state index contributed by atoms with van der Waals surface area (Å²) in [6.07, 6.45) is -0.821. The number of aliphatic hydroxyl groups is 1. The molecule has 0 fully saturated rings. The molecule has 0 bridgehead atoms. The van der Waals surface area contributed by atoms with E-state index in [1.807, 2.05) is 30.3 Å². The highest BCUT2D eigenvalue weighted by Crippen LogP contribution is 2.38. The number of benzene rings is 2. The van der Waals surface area contributed by atoms with E-state index in [2.05, 4.69) is 5.10 Å². The van der Waals surface area contributed by atoms with Gasteiger partial charge in [-0.05, 0) is 25.5 Å². The van der Waals surface area contributed by atoms with Crippen molar-refractivity contribution in [3.8, 4) is 5.75 Å². The Kier molecular flexibility index (Phi) is 4.11. The fraction of sp³-hybridized carbons (Fsp3) is 0.263. The molecule has 1 heterocycles. The predicted molar refractivity (Wildman–Crippen MR) is 91.7 cm³/mol. The Bertz CT molecular complexity index is 788. The van der Waals surface area contributed by atoms with E-state index in [1.165, 1.54) is 5.01 Å². The van der Waals surface area contributed by atoms with Gasteiger partial charge >= 0.3 is 0 Å². The van der Waals surface area contributed by atoms with Crippen LogP contribution in [-0.2, 0) is 10.2 Å². The molecule has 1 aliphatic rings. The summed E-state index contributed by atoms with van der Waals surface area (Å²) in [5, 5.41) is 26.1. The van der Waals surface area contributed by atoms with E-state index in [9.17, 15) is 15.0 Å². The summed E-state index contributed by atoms with van der Waals surface area (Å²) >= 11 is 0. The van der Waals surface area contributed by atoms with Crippen molar-refractivity contribution in [2.45, 2.75) is 25.4 Å². The lowest BCUT2D eigenvalue weighted by atomic mass is 9.78. The summed E-state index contributed by atoms with van der Waals surface area (Å²) in [7, 11) is 0. The Morgan fingerprint density at radius 3 is 2.42 bits per heavy atom. The summed E-state index contributed by atoms with van der Waals surface area (Å²) in [5.74, 6) is -0.190. The molecule has 0 aliphatic carbocycles. The first-order valence-electron chi connectivity index (χ1n) is 7.83. The third kappa shape index (κ3) is 2.57. The van der Waals surface area contributed by atoms with Crippen LogP contribution in [0, 0.1) is 0 Å². The molecule has 0 radical (unpaired) electrons. The number of rotatable bonds is 4. The molecule has 5 nitrogen and oxygen atoms in total. The number of carbonyl (C=O) groups is 1. The fourth-order valence-corrected chi connectivity index (χ4v) is 3.01. The highest BCUT2D eigenvalue weighted by Gasteiger charge is 2.48. The number of amides is 1. The Morgan fingerprint density at radius 1 is 1.12 bits per heavy atom. The number of carbonyl (C=O) groups excluding carboxylic acids is 1. The minimum absolute atomic E-state index is 0.0633. The van der Waals surface area contributed by atoms with Crippen LogP contribution in [0.15, 0.2) is 59.7 Å². The van der Waals surface area contributed by atoms with Crippen LogP contribution in [0.2, 0.25) is 0 Å². The number of aromatic hydroxyl groups is 1. The molecule has 2 atom stereocenters. The topological polar surface area (TPSA) is 73.1 Å². The monoisotopic (exact) mass is 324 g/mol. The molecule has 124 valence electrons. The Labute approximate surface area is 140 Å². The van der Waals surface area contributed by atoms with Gasteiger partial charge in [-0.3, -0.25) is 4.79 Å². The SMILES string of the molecule is CC1=NN(CC(O)c2ccccc2)C(=O)C1(C)c1ccccc1O. The summed E-state index contributed by atoms with van der Waals surface area (Å²) in [4.78, 5) is 12.9. The van der Waals surface area contributed by atoms with Gasteiger partial charge < -0.3 is 10.2 Å². The van der Waals surface area contributed by atoms with E-state index < -0.39 is 11.5 Å². The molecule has 0 aromatic heterocycles. The van der Waals surface area contributed by atoms with Crippen molar-refractivity contribution >= 4 is 11.6 Å². The molecule has 2 aromatic rings. The van der Waals surface area contributed by atoms with Crippen LogP contribution in [0.4, 0.5) is 0 Å². The average molecular weight is 324 g/mol. The predicted octanol–water partition coefficient (Wildman–Crippen LogP) is 2.60. The maximum Gasteiger partial charge on any atom is 0.259 e. The zero-order valence-electron chi connectivity index (χ0n) is 13.7. The Hall–Kier alpha value is -2.66. The molecule has 5 heteroatoms. The maximum atomic E-state index is 12.9. The molecule has 0 saturated carbocycles. The van der Waals surface area contributed by atoms with Crippen molar-refractivity contribution in [3.63, 3.8) is 0 Å². The van der Waals surface area contributed by atoms with E-state index in [4.69, 9.17) is 0 Å². The number of β-amino-alcohol motifs (C(OH)–C–C–N with tert-alkyl or cyclic N) is 1. The molecule has 3 rings (SSSR count). The lowest BCUT2D eigenvalue weighted by Crippen LogP contribution is -2.41. The summed E-state index contributed by atoms with van der Waals surface area (Å²) in [6.45, 7) is 3.58. The minimum atomic E-state index is -1.03. The standard InChI is InChI=1S/C19H20N2O3/c1-13-19(2,15-10-6-7-11-16(15)22)18(24)21(20-13)12-17(23)14-8-4-3-5-9-14/h3-11,17,22-23H,12H2,1-2H3. The van der Waals surface area contributed by atoms with Crippen molar-refractivity contribution in [2.24, 2.45) is 5.10 Å². The Morgan fingerprint density at radius 2 is 1.75 bits per heavy atom. The minimum Gasteiger partial charge on any atom is -0.508 e. The average Bonchev–Trinajstić information content (AvgIpc) is 2.80. The van der Waals surface area contributed by atoms with E-state index in [-0.39, 0.29) is 18.2 Å². The van der Waals surface area contributed by atoms with Crippen molar-refractivity contribution in [3.05, 3.63) is 65.7 Å². The van der Waals surface area contributed by atoms with E-state index in [1.54, 1.807) is 38.1 Å². The van der Waals surface area contributed by atoms with Gasteiger partial charge in [-0.1, -0.05) is 48.5 Å². The molecule has 2 unspecified atom stereocenters. The van der Waals surface area contributed by atoms with Gasteiger partial charge in [0.1, 0.15) is 11.2 Å². The smallest absolute Gasteiger partial charge is 0.259 e. The van der Waals surface area contributed by atoms with E-state index in [0.717, 1.165) is 5.56 Å². The Balaban J connectivity index is 1.87. The van der Waals surface area contributed by atoms with Crippen LogP contribution in [0.25, 0.3) is 0 Å². The third-order valence-corrected chi connectivity index (χ3v) is 4.63. The molecule has 0 spiro atoms. The number of hydrazone groups is 1. The van der Waals surface area contributed by atoms with Gasteiger partial charge in [0.15, 0.2) is 0 Å². The molecule has 2 aromatic carbocycles. The van der Waals surface area contributed by atoms with Gasteiger partial charge in [0.2, 0.25) is 0 Å². The van der Waals surface area contributed by atoms with Crippen LogP contribution < -0.4 is 0 Å². The molecule has 24 heavy (non-hydrogen) atoms. The summed E-state index contributed by atoms with van der Waals surface area (Å²) < 4.78 is 0. The normalized spacial score (nSPS) is 21.7. The van der Waals surface area contributed by atoms with Crippen LogP contribution in [-0.4, -0.2) is 33.4 Å². The number of hydrogen-bond donors (Lipinski definition) is 2. The van der Waals surface area contributed by atoms with Gasteiger partial charge in [0.25, 0.3) is 5.91 Å². The second-order valence-corrected chi connectivity index (χ2v) is 6.14. The van der Waals surface area contributed by atoms with Gasteiger partial charge in [0, 0.05) is 5.56 Å². The lowest BCUT2D eigenvalue weighted by Gasteiger charge is -2.25. The van der Waals surface area contributed by atoms with Crippen molar-refractivity contribution in [1.82, 2.24) is 5.01 Å². The first kappa shape index (κ1) is 16.2. The van der Waals surface area contributed by atoms with Gasteiger partial charge in [-0.2, -0.15) is 5.10 Å². The highest BCUT2D eigenvalue weighted by molar-refractivity contribution is 6.16. The zero-order valence-corrected chi connectivity index (χ0v) is 13.7. The van der Waals surface area contributed by atoms with Crippen molar-refractivity contribution in [2.75, 3.05) is 6.54 Å². The molecule has 2 N–H and O–H groups in total. The van der Waals surface area contributed by atoms with Crippen molar-refractivity contribution in [1.29, 1.82) is 0 Å². The van der Waals surface area contributed by atoms with Crippen LogP contribution in [0.1, 0.15) is 31.1 Å². The van der Waals surface area contributed by atoms with Crippen LogP contribution >= 0.6 is 0 Å². The summed E-state index contributed by atoms with van der Waals surface area (Å²) in [5.41, 5.74) is 0.818. The number of hydrogen-bond acceptors (Lipinski definition) is 4. The molecular weight excluding hydrogens is 304 g/mol. The number of phenolic OH excluding ortho intramolecular Hbond substituents is 1. The van der Waals surface area contributed by atoms with E-state index in [0.29, 0.717) is 11.3 Å². The van der Waals surface area contributed by atoms with Gasteiger partial charge in [-0.25, -0.2) is 5.01 Å². The third-order valence-electron chi connectivity index (χ3n) is 4.63. The van der Waals surface area contributed by atoms with Crippen molar-refractivity contribution < 1.29 is 15.0 Å². The first-order chi connectivity index (χ1) is 11.4. The molecule has 1 aliphatic heterocycles. The second kappa shape index (κ2) is 6.09.